The van der Waals surface area contributed by atoms with Crippen molar-refractivity contribution in [3.8, 4) is 0 Å². The summed E-state index contributed by atoms with van der Waals surface area (Å²) in [6.07, 6.45) is 5.19. The standard InChI is InChI=1S/C17H24N2O2S/c20-22(21)14-8-17(15-22)19-12-10-18(11-13-19)9-4-7-16-5-2-1-3-6-16/h1-7,17H,8-15H2. The van der Waals surface area contributed by atoms with Crippen molar-refractivity contribution >= 4 is 15.9 Å². The van der Waals surface area contributed by atoms with Gasteiger partial charge in [-0.1, -0.05) is 42.5 Å². The van der Waals surface area contributed by atoms with Gasteiger partial charge in [0.1, 0.15) is 0 Å². The molecule has 1 unspecified atom stereocenters. The van der Waals surface area contributed by atoms with Crippen LogP contribution in [0.2, 0.25) is 0 Å². The molecule has 4 nitrogen and oxygen atoms in total. The van der Waals surface area contributed by atoms with Crippen molar-refractivity contribution in [2.45, 2.75) is 12.5 Å². The third-order valence-electron chi connectivity index (χ3n) is 4.61. The molecule has 2 aliphatic rings. The molecule has 0 aromatic heterocycles. The molecule has 0 aliphatic carbocycles. The van der Waals surface area contributed by atoms with Crippen LogP contribution in [0.15, 0.2) is 36.4 Å². The van der Waals surface area contributed by atoms with E-state index in [4.69, 9.17) is 0 Å². The van der Waals surface area contributed by atoms with Crippen LogP contribution in [0.25, 0.3) is 6.08 Å². The SMILES string of the molecule is O=S1(=O)CCC(N2CCN(CC=Cc3ccccc3)CC2)C1. The monoisotopic (exact) mass is 320 g/mol. The molecule has 0 radical (unpaired) electrons. The van der Waals surface area contributed by atoms with Crippen molar-refractivity contribution in [2.24, 2.45) is 0 Å². The van der Waals surface area contributed by atoms with Gasteiger partial charge in [0.25, 0.3) is 0 Å². The van der Waals surface area contributed by atoms with Crippen molar-refractivity contribution in [1.29, 1.82) is 0 Å². The lowest BCUT2D eigenvalue weighted by Crippen LogP contribution is -2.50. The quantitative estimate of drug-likeness (QED) is 0.843. The van der Waals surface area contributed by atoms with Crippen molar-refractivity contribution in [3.05, 3.63) is 42.0 Å². The van der Waals surface area contributed by atoms with Crippen LogP contribution in [0.3, 0.4) is 0 Å². The summed E-state index contributed by atoms with van der Waals surface area (Å²) in [7, 11) is -2.77. The first kappa shape index (κ1) is 15.7. The molecule has 5 heteroatoms. The number of sulfone groups is 1. The molecule has 0 saturated carbocycles. The molecule has 0 spiro atoms. The minimum atomic E-state index is -2.77. The summed E-state index contributed by atoms with van der Waals surface area (Å²) in [4.78, 5) is 4.79. The summed E-state index contributed by atoms with van der Waals surface area (Å²) in [5.74, 6) is 0.735. The minimum absolute atomic E-state index is 0.256. The normalized spacial score (nSPS) is 26.6. The van der Waals surface area contributed by atoms with E-state index < -0.39 is 9.84 Å². The third-order valence-corrected chi connectivity index (χ3v) is 6.36. The maximum absolute atomic E-state index is 11.6. The van der Waals surface area contributed by atoms with Crippen LogP contribution in [0.1, 0.15) is 12.0 Å². The Balaban J connectivity index is 1.43. The van der Waals surface area contributed by atoms with Gasteiger partial charge in [0.15, 0.2) is 9.84 Å². The Morgan fingerprint density at radius 2 is 1.82 bits per heavy atom. The molecular weight excluding hydrogens is 296 g/mol. The lowest BCUT2D eigenvalue weighted by Gasteiger charge is -2.37. The summed E-state index contributed by atoms with van der Waals surface area (Å²) in [5.41, 5.74) is 1.23. The van der Waals surface area contributed by atoms with Gasteiger partial charge in [0, 0.05) is 38.8 Å². The fraction of sp³-hybridized carbons (Fsp3) is 0.529. The molecule has 120 valence electrons. The Morgan fingerprint density at radius 1 is 1.09 bits per heavy atom. The van der Waals surface area contributed by atoms with Gasteiger partial charge in [0.2, 0.25) is 0 Å². The van der Waals surface area contributed by atoms with Crippen LogP contribution >= 0.6 is 0 Å². The number of nitrogens with zero attached hydrogens (tertiary/aromatic N) is 2. The van der Waals surface area contributed by atoms with Crippen molar-refractivity contribution in [2.75, 3.05) is 44.2 Å². The molecule has 1 aromatic carbocycles. The van der Waals surface area contributed by atoms with E-state index >= 15 is 0 Å². The molecule has 1 aromatic rings. The van der Waals surface area contributed by atoms with E-state index in [2.05, 4.69) is 34.1 Å². The number of hydrogen-bond donors (Lipinski definition) is 0. The molecule has 1 atom stereocenters. The van der Waals surface area contributed by atoms with Crippen LogP contribution in [0.4, 0.5) is 0 Å². The van der Waals surface area contributed by atoms with Gasteiger partial charge in [-0.15, -0.1) is 0 Å². The van der Waals surface area contributed by atoms with Crippen LogP contribution in [-0.4, -0.2) is 68.5 Å². The molecule has 3 rings (SSSR count). The molecule has 2 heterocycles. The average Bonchev–Trinajstić information content (AvgIpc) is 2.89. The highest BCUT2D eigenvalue weighted by molar-refractivity contribution is 7.91. The topological polar surface area (TPSA) is 40.6 Å². The van der Waals surface area contributed by atoms with E-state index in [9.17, 15) is 8.42 Å². The summed E-state index contributed by atoms with van der Waals surface area (Å²) in [6.45, 7) is 4.98. The Kier molecular flexibility index (Phi) is 4.96. The lowest BCUT2D eigenvalue weighted by atomic mass is 10.2. The summed E-state index contributed by atoms with van der Waals surface area (Å²) in [5, 5.41) is 0. The van der Waals surface area contributed by atoms with Crippen molar-refractivity contribution in [1.82, 2.24) is 9.80 Å². The molecule has 2 fully saturated rings. The zero-order valence-corrected chi connectivity index (χ0v) is 13.7. The van der Waals surface area contributed by atoms with Gasteiger partial charge in [-0.2, -0.15) is 0 Å². The van der Waals surface area contributed by atoms with E-state index in [0.29, 0.717) is 11.5 Å². The van der Waals surface area contributed by atoms with Gasteiger partial charge in [-0.3, -0.25) is 9.80 Å². The van der Waals surface area contributed by atoms with E-state index in [1.807, 2.05) is 18.2 Å². The fourth-order valence-corrected chi connectivity index (χ4v) is 5.04. The Labute approximate surface area is 133 Å². The van der Waals surface area contributed by atoms with Crippen molar-refractivity contribution in [3.63, 3.8) is 0 Å². The van der Waals surface area contributed by atoms with E-state index in [1.165, 1.54) is 5.56 Å². The van der Waals surface area contributed by atoms with Gasteiger partial charge in [0.05, 0.1) is 11.5 Å². The first-order valence-electron chi connectivity index (χ1n) is 8.01. The number of benzene rings is 1. The highest BCUT2D eigenvalue weighted by Crippen LogP contribution is 2.19. The summed E-state index contributed by atoms with van der Waals surface area (Å²) >= 11 is 0. The highest BCUT2D eigenvalue weighted by atomic mass is 32.2. The number of piperazine rings is 1. The Morgan fingerprint density at radius 3 is 2.45 bits per heavy atom. The van der Waals surface area contributed by atoms with Gasteiger partial charge < -0.3 is 0 Å². The Hall–Kier alpha value is -1.17. The average molecular weight is 320 g/mol. The number of hydrogen-bond acceptors (Lipinski definition) is 4. The second-order valence-corrected chi connectivity index (χ2v) is 8.44. The second-order valence-electron chi connectivity index (χ2n) is 6.21. The van der Waals surface area contributed by atoms with E-state index in [0.717, 1.165) is 39.1 Å². The molecular formula is C17H24N2O2S. The molecule has 0 bridgehead atoms. The predicted molar refractivity (Wildman–Crippen MR) is 90.5 cm³/mol. The van der Waals surface area contributed by atoms with Crippen LogP contribution in [0.5, 0.6) is 0 Å². The predicted octanol–water partition coefficient (Wildman–Crippen LogP) is 1.50. The molecule has 2 saturated heterocycles. The second kappa shape index (κ2) is 6.94. The number of rotatable bonds is 4. The minimum Gasteiger partial charge on any atom is -0.297 e. The zero-order chi connectivity index (χ0) is 15.4. The van der Waals surface area contributed by atoms with E-state index in [-0.39, 0.29) is 6.04 Å². The van der Waals surface area contributed by atoms with Crippen molar-refractivity contribution < 1.29 is 8.42 Å². The maximum atomic E-state index is 11.6. The maximum Gasteiger partial charge on any atom is 0.151 e. The van der Waals surface area contributed by atoms with E-state index in [1.54, 1.807) is 0 Å². The van der Waals surface area contributed by atoms with Crippen LogP contribution < -0.4 is 0 Å². The molecule has 22 heavy (non-hydrogen) atoms. The summed E-state index contributed by atoms with van der Waals surface area (Å²) < 4.78 is 23.2. The fourth-order valence-electron chi connectivity index (χ4n) is 3.28. The Bertz CT molecular complexity index is 605. The largest absolute Gasteiger partial charge is 0.297 e. The van der Waals surface area contributed by atoms with Crippen LogP contribution in [0, 0.1) is 0 Å². The first-order chi connectivity index (χ1) is 10.6. The van der Waals surface area contributed by atoms with Gasteiger partial charge >= 0.3 is 0 Å². The molecule has 0 N–H and O–H groups in total. The van der Waals surface area contributed by atoms with Gasteiger partial charge in [-0.25, -0.2) is 8.42 Å². The zero-order valence-electron chi connectivity index (χ0n) is 12.9. The summed E-state index contributed by atoms with van der Waals surface area (Å²) in [6, 6.07) is 10.6. The lowest BCUT2D eigenvalue weighted by molar-refractivity contribution is 0.112. The molecule has 2 aliphatic heterocycles. The first-order valence-corrected chi connectivity index (χ1v) is 9.83. The molecule has 0 amide bonds. The van der Waals surface area contributed by atoms with Gasteiger partial charge in [-0.05, 0) is 12.0 Å². The highest BCUT2D eigenvalue weighted by Gasteiger charge is 2.33. The van der Waals surface area contributed by atoms with Crippen LogP contribution in [-0.2, 0) is 9.84 Å². The smallest absolute Gasteiger partial charge is 0.151 e. The third kappa shape index (κ3) is 4.18.